The SMILES string of the molecule is COCCOC(=O)C1=C(C)NC(=O)N[C@@H]1c1cc(Br)cs1. The quantitative estimate of drug-likeness (QED) is 0.612. The van der Waals surface area contributed by atoms with Crippen LogP contribution in [0.2, 0.25) is 0 Å². The molecule has 0 unspecified atom stereocenters. The predicted octanol–water partition coefficient (Wildman–Crippen LogP) is 2.33. The van der Waals surface area contributed by atoms with E-state index in [9.17, 15) is 9.59 Å². The van der Waals surface area contributed by atoms with Crippen molar-refractivity contribution in [2.45, 2.75) is 13.0 Å². The molecule has 2 rings (SSSR count). The number of ether oxygens (including phenoxy) is 2. The number of esters is 1. The van der Waals surface area contributed by atoms with Gasteiger partial charge in [0.2, 0.25) is 0 Å². The Kier molecular flexibility index (Phi) is 5.38. The van der Waals surface area contributed by atoms with Gasteiger partial charge in [-0.25, -0.2) is 9.59 Å². The average molecular weight is 375 g/mol. The summed E-state index contributed by atoms with van der Waals surface area (Å²) in [4.78, 5) is 24.8. The van der Waals surface area contributed by atoms with Crippen molar-refractivity contribution in [3.8, 4) is 0 Å². The minimum Gasteiger partial charge on any atom is -0.460 e. The Balaban J connectivity index is 2.26. The van der Waals surface area contributed by atoms with Crippen molar-refractivity contribution in [1.82, 2.24) is 10.6 Å². The highest BCUT2D eigenvalue weighted by atomic mass is 79.9. The fourth-order valence-electron chi connectivity index (χ4n) is 1.95. The summed E-state index contributed by atoms with van der Waals surface area (Å²) in [5, 5.41) is 7.24. The predicted molar refractivity (Wildman–Crippen MR) is 82.0 cm³/mol. The molecule has 0 aromatic carbocycles. The van der Waals surface area contributed by atoms with Gasteiger partial charge in [0.25, 0.3) is 0 Å². The van der Waals surface area contributed by atoms with Crippen LogP contribution in [0, 0.1) is 0 Å². The Bertz CT molecular complexity index is 584. The molecule has 2 heterocycles. The lowest BCUT2D eigenvalue weighted by molar-refractivity contribution is -0.140. The minimum atomic E-state index is -0.509. The Labute approximate surface area is 134 Å². The summed E-state index contributed by atoms with van der Waals surface area (Å²) < 4.78 is 10.9. The van der Waals surface area contributed by atoms with Crippen LogP contribution >= 0.6 is 27.3 Å². The second-order valence-corrected chi connectivity index (χ2v) is 6.22. The highest BCUT2D eigenvalue weighted by molar-refractivity contribution is 9.10. The van der Waals surface area contributed by atoms with Crippen LogP contribution in [0.1, 0.15) is 17.8 Å². The van der Waals surface area contributed by atoms with Crippen LogP contribution in [-0.4, -0.2) is 32.3 Å². The molecule has 1 aromatic heterocycles. The Morgan fingerprint density at radius 3 is 2.86 bits per heavy atom. The highest BCUT2D eigenvalue weighted by Gasteiger charge is 2.33. The Morgan fingerprint density at radius 2 is 2.24 bits per heavy atom. The lowest BCUT2D eigenvalue weighted by Gasteiger charge is -2.27. The molecule has 21 heavy (non-hydrogen) atoms. The molecule has 0 spiro atoms. The molecule has 1 aliphatic heterocycles. The fraction of sp³-hybridized carbons (Fsp3) is 0.385. The van der Waals surface area contributed by atoms with Gasteiger partial charge in [-0.1, -0.05) is 0 Å². The van der Waals surface area contributed by atoms with Crippen molar-refractivity contribution < 1.29 is 19.1 Å². The van der Waals surface area contributed by atoms with Crippen molar-refractivity contribution >= 4 is 39.3 Å². The second kappa shape index (κ2) is 7.06. The van der Waals surface area contributed by atoms with E-state index in [1.807, 2.05) is 11.4 Å². The first-order chi connectivity index (χ1) is 10.0. The number of urea groups is 1. The first kappa shape index (κ1) is 16.0. The van der Waals surface area contributed by atoms with E-state index in [2.05, 4.69) is 26.6 Å². The van der Waals surface area contributed by atoms with E-state index in [0.29, 0.717) is 17.9 Å². The zero-order valence-electron chi connectivity index (χ0n) is 11.6. The molecule has 8 heteroatoms. The third-order valence-electron chi connectivity index (χ3n) is 2.88. The molecule has 0 saturated heterocycles. The lowest BCUT2D eigenvalue weighted by Crippen LogP contribution is -2.45. The van der Waals surface area contributed by atoms with Gasteiger partial charge in [-0.3, -0.25) is 0 Å². The summed E-state index contributed by atoms with van der Waals surface area (Å²) in [5.41, 5.74) is 0.899. The highest BCUT2D eigenvalue weighted by Crippen LogP contribution is 2.33. The van der Waals surface area contributed by atoms with Crippen molar-refractivity contribution in [2.75, 3.05) is 20.3 Å². The Hall–Kier alpha value is -1.38. The number of halogens is 1. The summed E-state index contributed by atoms with van der Waals surface area (Å²) in [7, 11) is 1.53. The van der Waals surface area contributed by atoms with Gasteiger partial charge in [0.15, 0.2) is 0 Å². The largest absolute Gasteiger partial charge is 0.460 e. The number of carbonyl (C=O) groups is 2. The molecule has 0 aliphatic carbocycles. The zero-order valence-corrected chi connectivity index (χ0v) is 14.0. The van der Waals surface area contributed by atoms with Gasteiger partial charge in [0.1, 0.15) is 6.61 Å². The summed E-state index contributed by atoms with van der Waals surface area (Å²) >= 11 is 4.82. The van der Waals surface area contributed by atoms with Crippen LogP contribution in [0.25, 0.3) is 0 Å². The van der Waals surface area contributed by atoms with Gasteiger partial charge in [-0.2, -0.15) is 0 Å². The first-order valence-corrected chi connectivity index (χ1v) is 7.88. The molecule has 0 fully saturated rings. The second-order valence-electron chi connectivity index (χ2n) is 4.37. The van der Waals surface area contributed by atoms with Crippen LogP contribution < -0.4 is 10.6 Å². The molecule has 2 amide bonds. The third-order valence-corrected chi connectivity index (χ3v) is 4.64. The van der Waals surface area contributed by atoms with Crippen LogP contribution in [0.3, 0.4) is 0 Å². The summed E-state index contributed by atoms with van der Waals surface area (Å²) in [5.74, 6) is -0.466. The van der Waals surface area contributed by atoms with Gasteiger partial charge in [-0.15, -0.1) is 11.3 Å². The molecule has 2 N–H and O–H groups in total. The van der Waals surface area contributed by atoms with E-state index < -0.39 is 12.0 Å². The molecule has 0 radical (unpaired) electrons. The van der Waals surface area contributed by atoms with Gasteiger partial charge < -0.3 is 20.1 Å². The molecule has 0 saturated carbocycles. The van der Waals surface area contributed by atoms with Crippen molar-refractivity contribution in [1.29, 1.82) is 0 Å². The number of methoxy groups -OCH3 is 1. The average Bonchev–Trinajstić information content (AvgIpc) is 2.84. The number of hydrogen-bond acceptors (Lipinski definition) is 5. The van der Waals surface area contributed by atoms with Crippen molar-refractivity contribution in [3.63, 3.8) is 0 Å². The van der Waals surface area contributed by atoms with Gasteiger partial charge in [0.05, 0.1) is 18.2 Å². The molecule has 114 valence electrons. The lowest BCUT2D eigenvalue weighted by atomic mass is 10.0. The van der Waals surface area contributed by atoms with E-state index in [-0.39, 0.29) is 12.6 Å². The zero-order chi connectivity index (χ0) is 15.4. The van der Waals surface area contributed by atoms with E-state index in [1.54, 1.807) is 6.92 Å². The summed E-state index contributed by atoms with van der Waals surface area (Å²) in [6.45, 7) is 2.18. The number of rotatable bonds is 5. The minimum absolute atomic E-state index is 0.168. The van der Waals surface area contributed by atoms with E-state index in [0.717, 1.165) is 9.35 Å². The molecule has 1 aromatic rings. The van der Waals surface area contributed by atoms with E-state index in [1.165, 1.54) is 18.4 Å². The standard InChI is InChI=1S/C13H15BrN2O4S/c1-7-10(12(17)20-4-3-19-2)11(16-13(18)15-7)9-5-8(14)6-21-9/h5-6,11H,3-4H2,1-2H3,(H2,15,16,18)/t11-/m1/s1. The molecular formula is C13H15BrN2O4S. The van der Waals surface area contributed by atoms with E-state index >= 15 is 0 Å². The van der Waals surface area contributed by atoms with E-state index in [4.69, 9.17) is 9.47 Å². The van der Waals surface area contributed by atoms with Crippen molar-refractivity contribution in [2.24, 2.45) is 0 Å². The summed E-state index contributed by atoms with van der Waals surface area (Å²) in [6, 6.07) is 1.02. The van der Waals surface area contributed by atoms with Gasteiger partial charge >= 0.3 is 12.0 Å². The van der Waals surface area contributed by atoms with Crippen LogP contribution in [0.5, 0.6) is 0 Å². The topological polar surface area (TPSA) is 76.7 Å². The maximum atomic E-state index is 12.2. The molecular weight excluding hydrogens is 360 g/mol. The number of nitrogens with one attached hydrogen (secondary N) is 2. The fourth-order valence-corrected chi connectivity index (χ4v) is 3.46. The normalized spacial score (nSPS) is 18.2. The number of amides is 2. The smallest absolute Gasteiger partial charge is 0.338 e. The molecule has 0 bridgehead atoms. The Morgan fingerprint density at radius 1 is 1.48 bits per heavy atom. The van der Waals surface area contributed by atoms with Crippen LogP contribution in [-0.2, 0) is 14.3 Å². The molecule has 1 atom stereocenters. The maximum absolute atomic E-state index is 12.2. The van der Waals surface area contributed by atoms with Gasteiger partial charge in [0, 0.05) is 27.5 Å². The third kappa shape index (κ3) is 3.84. The maximum Gasteiger partial charge on any atom is 0.338 e. The van der Waals surface area contributed by atoms with Crippen molar-refractivity contribution in [3.05, 3.63) is 32.1 Å². The number of carbonyl (C=O) groups excluding carboxylic acids is 2. The monoisotopic (exact) mass is 374 g/mol. The number of hydrogen-bond donors (Lipinski definition) is 2. The molecule has 1 aliphatic rings. The van der Waals surface area contributed by atoms with Crippen LogP contribution in [0.15, 0.2) is 27.2 Å². The van der Waals surface area contributed by atoms with Crippen LogP contribution in [0.4, 0.5) is 4.79 Å². The summed E-state index contributed by atoms with van der Waals surface area (Å²) in [6.07, 6.45) is 0. The molecule has 6 nitrogen and oxygen atoms in total. The number of allylic oxidation sites excluding steroid dienone is 1. The number of thiophene rings is 1. The van der Waals surface area contributed by atoms with Gasteiger partial charge in [-0.05, 0) is 28.9 Å². The first-order valence-electron chi connectivity index (χ1n) is 6.21.